The molecule has 146 valence electrons. The molecule has 2 rings (SSSR count). The average molecular weight is 393 g/mol. The topological polar surface area (TPSA) is 90.6 Å². The highest BCUT2D eigenvalue weighted by Gasteiger charge is 2.39. The normalized spacial score (nSPS) is 18.0. The maximum atomic E-state index is 12.9. The first-order valence-corrected chi connectivity index (χ1v) is 9.29. The lowest BCUT2D eigenvalue weighted by atomic mass is 9.81. The second-order valence-corrected chi connectivity index (χ2v) is 6.70. The zero-order valence-corrected chi connectivity index (χ0v) is 16.7. The molecule has 1 aliphatic heterocycles. The molecule has 1 aromatic carbocycles. The summed E-state index contributed by atoms with van der Waals surface area (Å²) in [5, 5.41) is 3.32. The van der Waals surface area contributed by atoms with E-state index in [0.29, 0.717) is 28.3 Å². The quantitative estimate of drug-likeness (QED) is 0.721. The molecule has 0 aliphatic carbocycles. The third kappa shape index (κ3) is 4.45. The van der Waals surface area contributed by atoms with E-state index in [1.807, 2.05) is 13.8 Å². The number of nitrogens with one attached hydrogen (secondary N) is 1. The largest absolute Gasteiger partial charge is 0.463 e. The minimum Gasteiger partial charge on any atom is -0.463 e. The Hall–Kier alpha value is -2.47. The van der Waals surface area contributed by atoms with E-state index in [9.17, 15) is 9.59 Å². The van der Waals surface area contributed by atoms with Crippen molar-refractivity contribution in [3.05, 3.63) is 57.5 Å². The van der Waals surface area contributed by atoms with E-state index in [4.69, 9.17) is 26.8 Å². The Balaban J connectivity index is 2.62. The Labute approximate surface area is 164 Å². The number of hydrogen-bond donors (Lipinski definition) is 2. The first kappa shape index (κ1) is 20.8. The van der Waals surface area contributed by atoms with Gasteiger partial charge in [0.2, 0.25) is 0 Å². The van der Waals surface area contributed by atoms with Crippen molar-refractivity contribution < 1.29 is 19.1 Å². The van der Waals surface area contributed by atoms with Gasteiger partial charge in [-0.1, -0.05) is 36.7 Å². The van der Waals surface area contributed by atoms with Crippen LogP contribution in [0.4, 0.5) is 0 Å². The van der Waals surface area contributed by atoms with Crippen molar-refractivity contribution >= 4 is 23.5 Å². The molecule has 2 atom stereocenters. The molecule has 0 saturated heterocycles. The first-order valence-electron chi connectivity index (χ1n) is 8.91. The van der Waals surface area contributed by atoms with Crippen LogP contribution in [0.5, 0.6) is 0 Å². The van der Waals surface area contributed by atoms with Crippen molar-refractivity contribution in [2.75, 3.05) is 6.61 Å². The minimum atomic E-state index is -0.782. The Kier molecular flexibility index (Phi) is 6.91. The lowest BCUT2D eigenvalue weighted by Gasteiger charge is -2.31. The molecule has 0 bridgehead atoms. The highest BCUT2D eigenvalue weighted by atomic mass is 35.5. The molecule has 1 aromatic rings. The van der Waals surface area contributed by atoms with Crippen molar-refractivity contribution in [1.82, 2.24) is 5.32 Å². The number of halogens is 1. The molecule has 0 aromatic heterocycles. The fourth-order valence-electron chi connectivity index (χ4n) is 2.91. The van der Waals surface area contributed by atoms with Gasteiger partial charge in [-0.2, -0.15) is 0 Å². The van der Waals surface area contributed by atoms with Crippen LogP contribution < -0.4 is 11.1 Å². The van der Waals surface area contributed by atoms with Crippen molar-refractivity contribution in [3.63, 3.8) is 0 Å². The molecule has 0 amide bonds. The number of rotatable bonds is 6. The average Bonchev–Trinajstić information content (AvgIpc) is 2.61. The zero-order chi connectivity index (χ0) is 20.1. The van der Waals surface area contributed by atoms with Gasteiger partial charge >= 0.3 is 11.9 Å². The van der Waals surface area contributed by atoms with E-state index in [0.717, 1.165) is 0 Å². The third-order valence-corrected chi connectivity index (χ3v) is 4.75. The predicted molar refractivity (Wildman–Crippen MR) is 104 cm³/mol. The third-order valence-electron chi connectivity index (χ3n) is 4.41. The molecule has 2 unspecified atom stereocenters. The lowest BCUT2D eigenvalue weighted by Crippen LogP contribution is -2.36. The molecule has 1 aliphatic rings. The summed E-state index contributed by atoms with van der Waals surface area (Å²) in [6, 6.07) is 7.02. The van der Waals surface area contributed by atoms with Gasteiger partial charge in [0.25, 0.3) is 0 Å². The summed E-state index contributed by atoms with van der Waals surface area (Å²) in [6.45, 7) is 7.33. The van der Waals surface area contributed by atoms with Gasteiger partial charge in [-0.25, -0.2) is 9.59 Å². The second kappa shape index (κ2) is 8.95. The van der Waals surface area contributed by atoms with Crippen LogP contribution in [-0.4, -0.2) is 24.6 Å². The number of ether oxygens (including phenoxy) is 2. The summed E-state index contributed by atoms with van der Waals surface area (Å²) in [4.78, 5) is 25.6. The summed E-state index contributed by atoms with van der Waals surface area (Å²) >= 11 is 6.39. The molecule has 0 fully saturated rings. The Morgan fingerprint density at radius 3 is 2.48 bits per heavy atom. The summed E-state index contributed by atoms with van der Waals surface area (Å²) in [5.74, 6) is -1.77. The van der Waals surface area contributed by atoms with Gasteiger partial charge in [-0.05, 0) is 38.8 Å². The van der Waals surface area contributed by atoms with E-state index in [-0.39, 0.29) is 24.1 Å². The predicted octanol–water partition coefficient (Wildman–Crippen LogP) is 3.38. The number of esters is 2. The minimum absolute atomic E-state index is 0.135. The van der Waals surface area contributed by atoms with Gasteiger partial charge in [0, 0.05) is 10.7 Å². The Morgan fingerprint density at radius 2 is 1.89 bits per heavy atom. The van der Waals surface area contributed by atoms with Crippen LogP contribution in [0.25, 0.3) is 0 Å². The fourth-order valence-corrected chi connectivity index (χ4v) is 3.16. The van der Waals surface area contributed by atoms with Gasteiger partial charge in [-0.15, -0.1) is 0 Å². The smallest absolute Gasteiger partial charge is 0.338 e. The number of hydrogen-bond acceptors (Lipinski definition) is 6. The van der Waals surface area contributed by atoms with E-state index in [2.05, 4.69) is 5.32 Å². The summed E-state index contributed by atoms with van der Waals surface area (Å²) in [7, 11) is 0. The SMILES string of the molecule is CCOC(=O)C1=C(N)NC(C)=C(C(=O)OC(C)CC)C1c1ccccc1Cl. The number of dihydropyridines is 1. The number of carbonyl (C=O) groups is 2. The van der Waals surface area contributed by atoms with E-state index in [1.54, 1.807) is 38.1 Å². The van der Waals surface area contributed by atoms with E-state index < -0.39 is 17.9 Å². The molecular weight excluding hydrogens is 368 g/mol. The fraction of sp³-hybridized carbons (Fsp3) is 0.400. The molecule has 0 saturated carbocycles. The molecule has 7 heteroatoms. The standard InChI is InChI=1S/C20H25ClN2O4/c1-5-11(3)27-20(25)15-12(4)23-18(22)17(19(24)26-6-2)16(15)13-9-7-8-10-14(13)21/h7-11,16,23H,5-6,22H2,1-4H3. The van der Waals surface area contributed by atoms with Crippen LogP contribution in [0, 0.1) is 0 Å². The van der Waals surface area contributed by atoms with Crippen molar-refractivity contribution in [2.24, 2.45) is 5.73 Å². The van der Waals surface area contributed by atoms with E-state index in [1.165, 1.54) is 0 Å². The van der Waals surface area contributed by atoms with Crippen molar-refractivity contribution in [2.45, 2.75) is 46.1 Å². The Bertz CT molecular complexity index is 801. The van der Waals surface area contributed by atoms with Gasteiger partial charge in [-0.3, -0.25) is 0 Å². The first-order chi connectivity index (χ1) is 12.8. The number of benzene rings is 1. The van der Waals surface area contributed by atoms with Crippen LogP contribution >= 0.6 is 11.6 Å². The van der Waals surface area contributed by atoms with Gasteiger partial charge in [0.05, 0.1) is 29.8 Å². The number of carbonyl (C=O) groups excluding carboxylic acids is 2. The summed E-state index contributed by atoms with van der Waals surface area (Å²) in [5.41, 5.74) is 7.64. The van der Waals surface area contributed by atoms with Crippen LogP contribution in [0.3, 0.4) is 0 Å². The molecule has 6 nitrogen and oxygen atoms in total. The second-order valence-electron chi connectivity index (χ2n) is 6.29. The molecule has 0 spiro atoms. The van der Waals surface area contributed by atoms with Gasteiger partial charge in [0.15, 0.2) is 0 Å². The monoisotopic (exact) mass is 392 g/mol. The van der Waals surface area contributed by atoms with E-state index >= 15 is 0 Å². The van der Waals surface area contributed by atoms with Gasteiger partial charge < -0.3 is 20.5 Å². The Morgan fingerprint density at radius 1 is 1.22 bits per heavy atom. The molecule has 3 N–H and O–H groups in total. The maximum Gasteiger partial charge on any atom is 0.338 e. The van der Waals surface area contributed by atoms with Crippen LogP contribution in [0.15, 0.2) is 46.9 Å². The van der Waals surface area contributed by atoms with Crippen molar-refractivity contribution in [1.29, 1.82) is 0 Å². The molecule has 0 radical (unpaired) electrons. The summed E-state index contributed by atoms with van der Waals surface area (Å²) < 4.78 is 10.7. The zero-order valence-electron chi connectivity index (χ0n) is 16.0. The number of nitrogens with two attached hydrogens (primary N) is 1. The van der Waals surface area contributed by atoms with Crippen LogP contribution in [0.2, 0.25) is 5.02 Å². The van der Waals surface area contributed by atoms with Crippen LogP contribution in [-0.2, 0) is 19.1 Å². The highest BCUT2D eigenvalue weighted by Crippen LogP contribution is 2.41. The molecule has 27 heavy (non-hydrogen) atoms. The van der Waals surface area contributed by atoms with Crippen molar-refractivity contribution in [3.8, 4) is 0 Å². The maximum absolute atomic E-state index is 12.9. The summed E-state index contributed by atoms with van der Waals surface area (Å²) in [6.07, 6.45) is 0.407. The lowest BCUT2D eigenvalue weighted by molar-refractivity contribution is -0.144. The molecular formula is C20H25ClN2O4. The van der Waals surface area contributed by atoms with Crippen LogP contribution in [0.1, 0.15) is 45.6 Å². The highest BCUT2D eigenvalue weighted by molar-refractivity contribution is 6.31. The number of allylic oxidation sites excluding steroid dienone is 1. The van der Waals surface area contributed by atoms with Gasteiger partial charge in [0.1, 0.15) is 5.82 Å². The molecule has 1 heterocycles.